The van der Waals surface area contributed by atoms with Gasteiger partial charge in [-0.3, -0.25) is 0 Å². The van der Waals surface area contributed by atoms with Crippen molar-refractivity contribution >= 4 is 23.0 Å². The first-order valence-corrected chi connectivity index (χ1v) is 7.77. The second-order valence-corrected chi connectivity index (χ2v) is 6.93. The van der Waals surface area contributed by atoms with E-state index in [1.54, 1.807) is 11.3 Å². The number of hydrogen-bond acceptors (Lipinski definition) is 7. The fraction of sp³-hybridized carbons (Fsp3) is 0.500. The second kappa shape index (κ2) is 6.36. The van der Waals surface area contributed by atoms with Gasteiger partial charge in [0.15, 0.2) is 0 Å². The molecule has 0 aliphatic carbocycles. The number of anilines is 2. The van der Waals surface area contributed by atoms with E-state index in [4.69, 9.17) is 5.84 Å². The Bertz CT molecular complexity index is 576. The molecule has 0 bridgehead atoms. The van der Waals surface area contributed by atoms with E-state index in [0.717, 1.165) is 23.2 Å². The van der Waals surface area contributed by atoms with Gasteiger partial charge in [-0.1, -0.05) is 27.7 Å². The van der Waals surface area contributed by atoms with Gasteiger partial charge in [0.1, 0.15) is 17.5 Å². The molecule has 7 heteroatoms. The zero-order valence-corrected chi connectivity index (χ0v) is 13.7. The van der Waals surface area contributed by atoms with Gasteiger partial charge in [-0.05, 0) is 0 Å². The van der Waals surface area contributed by atoms with Crippen LogP contribution in [0.5, 0.6) is 0 Å². The average molecular weight is 306 g/mol. The average Bonchev–Trinajstić information content (AvgIpc) is 2.97. The molecule has 2 aromatic rings. The number of nitrogens with zero attached hydrogens (tertiary/aromatic N) is 3. The Morgan fingerprint density at radius 2 is 2.00 bits per heavy atom. The molecule has 1 unspecified atom stereocenters. The quantitative estimate of drug-likeness (QED) is 0.581. The lowest BCUT2D eigenvalue weighted by Crippen LogP contribution is -2.20. The number of hydrazine groups is 1. The molecular weight excluding hydrogens is 284 g/mol. The summed E-state index contributed by atoms with van der Waals surface area (Å²) in [7, 11) is 0. The highest BCUT2D eigenvalue weighted by Gasteiger charge is 2.19. The highest BCUT2D eigenvalue weighted by Crippen LogP contribution is 2.23. The molecule has 2 aromatic heterocycles. The lowest BCUT2D eigenvalue weighted by molar-refractivity contribution is 0.546. The van der Waals surface area contributed by atoms with Crippen LogP contribution in [0.4, 0.5) is 11.6 Å². The standard InChI is InChI=1S/C14H22N6S/c1-9(12-16-5-6-21-12)8-17-10-7-11(20-15)19-13(18-10)14(2,3)4/h5-7,9H,8,15H2,1-4H3,(H2,17,18,19,20). The van der Waals surface area contributed by atoms with Crippen LogP contribution >= 0.6 is 11.3 Å². The van der Waals surface area contributed by atoms with E-state index in [1.165, 1.54) is 0 Å². The molecule has 0 saturated carbocycles. The molecular formula is C14H22N6S. The molecule has 21 heavy (non-hydrogen) atoms. The van der Waals surface area contributed by atoms with Crippen LogP contribution in [0.2, 0.25) is 0 Å². The predicted octanol–water partition coefficient (Wildman–Crippen LogP) is 2.73. The van der Waals surface area contributed by atoms with Gasteiger partial charge in [0.2, 0.25) is 0 Å². The predicted molar refractivity (Wildman–Crippen MR) is 87.6 cm³/mol. The van der Waals surface area contributed by atoms with E-state index in [1.807, 2.05) is 17.6 Å². The van der Waals surface area contributed by atoms with E-state index in [9.17, 15) is 0 Å². The van der Waals surface area contributed by atoms with Crippen molar-refractivity contribution in [2.75, 3.05) is 17.3 Å². The van der Waals surface area contributed by atoms with Gasteiger partial charge in [0.05, 0.1) is 5.01 Å². The fourth-order valence-electron chi connectivity index (χ4n) is 1.77. The third-order valence-electron chi connectivity index (χ3n) is 3.01. The molecule has 0 spiro atoms. The minimum absolute atomic E-state index is 0.135. The first-order chi connectivity index (χ1) is 9.90. The fourth-order valence-corrected chi connectivity index (χ4v) is 2.47. The van der Waals surface area contributed by atoms with Gasteiger partial charge < -0.3 is 10.7 Å². The third kappa shape index (κ3) is 4.12. The Balaban J connectivity index is 2.12. The highest BCUT2D eigenvalue weighted by molar-refractivity contribution is 7.09. The molecule has 0 aliphatic rings. The van der Waals surface area contributed by atoms with Crippen molar-refractivity contribution in [3.63, 3.8) is 0 Å². The van der Waals surface area contributed by atoms with Crippen molar-refractivity contribution in [1.82, 2.24) is 15.0 Å². The number of hydrogen-bond donors (Lipinski definition) is 3. The molecule has 0 fully saturated rings. The minimum Gasteiger partial charge on any atom is -0.369 e. The molecule has 114 valence electrons. The molecule has 1 atom stereocenters. The molecule has 0 radical (unpaired) electrons. The van der Waals surface area contributed by atoms with Crippen molar-refractivity contribution in [3.05, 3.63) is 28.5 Å². The van der Waals surface area contributed by atoms with Crippen molar-refractivity contribution in [1.29, 1.82) is 0 Å². The van der Waals surface area contributed by atoms with Crippen LogP contribution in [0.25, 0.3) is 0 Å². The van der Waals surface area contributed by atoms with E-state index in [2.05, 4.69) is 53.4 Å². The Morgan fingerprint density at radius 1 is 1.29 bits per heavy atom. The van der Waals surface area contributed by atoms with Gasteiger partial charge in [0.25, 0.3) is 0 Å². The maximum atomic E-state index is 5.49. The molecule has 2 rings (SSSR count). The van der Waals surface area contributed by atoms with Crippen LogP contribution in [0.1, 0.15) is 44.4 Å². The summed E-state index contributed by atoms with van der Waals surface area (Å²) in [5.41, 5.74) is 2.46. The third-order valence-corrected chi connectivity index (χ3v) is 4.01. The van der Waals surface area contributed by atoms with E-state index >= 15 is 0 Å². The summed E-state index contributed by atoms with van der Waals surface area (Å²) in [5.74, 6) is 7.95. The van der Waals surface area contributed by atoms with Crippen molar-refractivity contribution in [2.24, 2.45) is 5.84 Å². The van der Waals surface area contributed by atoms with Crippen LogP contribution in [0, 0.1) is 0 Å². The van der Waals surface area contributed by atoms with Crippen LogP contribution in [-0.2, 0) is 5.41 Å². The summed E-state index contributed by atoms with van der Waals surface area (Å²) in [6.45, 7) is 9.12. The number of rotatable bonds is 5. The van der Waals surface area contributed by atoms with Gasteiger partial charge in [0, 0.05) is 35.5 Å². The Kier molecular flexibility index (Phi) is 4.74. The van der Waals surface area contributed by atoms with E-state index < -0.39 is 0 Å². The molecule has 0 saturated heterocycles. The first-order valence-electron chi connectivity index (χ1n) is 6.89. The number of nitrogens with two attached hydrogens (primary N) is 1. The van der Waals surface area contributed by atoms with Crippen LogP contribution in [0.3, 0.4) is 0 Å². The van der Waals surface area contributed by atoms with Crippen LogP contribution < -0.4 is 16.6 Å². The summed E-state index contributed by atoms with van der Waals surface area (Å²) in [4.78, 5) is 13.3. The van der Waals surface area contributed by atoms with E-state index in [-0.39, 0.29) is 5.41 Å². The lowest BCUT2D eigenvalue weighted by atomic mass is 9.96. The Morgan fingerprint density at radius 3 is 2.57 bits per heavy atom. The zero-order valence-electron chi connectivity index (χ0n) is 12.8. The topological polar surface area (TPSA) is 88.8 Å². The molecule has 4 N–H and O–H groups in total. The normalized spacial score (nSPS) is 13.0. The van der Waals surface area contributed by atoms with Gasteiger partial charge in [-0.2, -0.15) is 0 Å². The number of nitrogens with one attached hydrogen (secondary N) is 2. The molecule has 0 amide bonds. The number of thiazole rings is 1. The zero-order chi connectivity index (χ0) is 15.5. The van der Waals surface area contributed by atoms with Crippen molar-refractivity contribution in [3.8, 4) is 0 Å². The van der Waals surface area contributed by atoms with Crippen LogP contribution in [0.15, 0.2) is 17.6 Å². The van der Waals surface area contributed by atoms with Gasteiger partial charge in [-0.25, -0.2) is 20.8 Å². The van der Waals surface area contributed by atoms with Crippen LogP contribution in [-0.4, -0.2) is 21.5 Å². The van der Waals surface area contributed by atoms with Crippen molar-refractivity contribution < 1.29 is 0 Å². The lowest BCUT2D eigenvalue weighted by Gasteiger charge is -2.19. The van der Waals surface area contributed by atoms with E-state index in [0.29, 0.717) is 11.7 Å². The smallest absolute Gasteiger partial charge is 0.145 e. The Labute approximate surface area is 129 Å². The molecule has 0 aromatic carbocycles. The maximum absolute atomic E-state index is 5.49. The summed E-state index contributed by atoms with van der Waals surface area (Å²) >= 11 is 1.67. The SMILES string of the molecule is CC(CNc1cc(NN)nc(C(C)(C)C)n1)c1nccs1. The molecule has 2 heterocycles. The number of nitrogen functional groups attached to an aromatic ring is 1. The largest absolute Gasteiger partial charge is 0.369 e. The summed E-state index contributed by atoms with van der Waals surface area (Å²) < 4.78 is 0. The summed E-state index contributed by atoms with van der Waals surface area (Å²) in [6.07, 6.45) is 1.83. The Hall–Kier alpha value is -1.73. The minimum atomic E-state index is -0.135. The monoisotopic (exact) mass is 306 g/mol. The maximum Gasteiger partial charge on any atom is 0.145 e. The number of aromatic nitrogens is 3. The van der Waals surface area contributed by atoms with Gasteiger partial charge in [-0.15, -0.1) is 11.3 Å². The second-order valence-electron chi connectivity index (χ2n) is 6.01. The molecule has 6 nitrogen and oxygen atoms in total. The first kappa shape index (κ1) is 15.7. The highest BCUT2D eigenvalue weighted by atomic mass is 32.1. The summed E-state index contributed by atoms with van der Waals surface area (Å²) in [5, 5.41) is 6.45. The molecule has 0 aliphatic heterocycles. The summed E-state index contributed by atoms with van der Waals surface area (Å²) in [6, 6.07) is 1.81. The van der Waals surface area contributed by atoms with Gasteiger partial charge >= 0.3 is 0 Å². The van der Waals surface area contributed by atoms with Crippen molar-refractivity contribution in [2.45, 2.75) is 39.0 Å².